The summed E-state index contributed by atoms with van der Waals surface area (Å²) >= 11 is 5.94. The molecule has 0 saturated heterocycles. The Morgan fingerprint density at radius 3 is 2.55 bits per heavy atom. The first-order valence-corrected chi connectivity index (χ1v) is 9.93. The monoisotopic (exact) mass is 445 g/mol. The SMILES string of the molecule is FC(F)(F)c1cn(C2CC2)c(-c2ccc(COc3nc(Cl)nc4ncccc34)cc2)n1. The van der Waals surface area contributed by atoms with E-state index in [-0.39, 0.29) is 17.9 Å². The van der Waals surface area contributed by atoms with Crippen molar-refractivity contribution in [2.45, 2.75) is 31.7 Å². The van der Waals surface area contributed by atoms with Gasteiger partial charge in [-0.15, -0.1) is 0 Å². The molecule has 1 aliphatic carbocycles. The second kappa shape index (κ2) is 7.49. The fourth-order valence-corrected chi connectivity index (χ4v) is 3.45. The molecule has 0 unspecified atom stereocenters. The Balaban J connectivity index is 1.38. The third-order valence-electron chi connectivity index (χ3n) is 4.96. The minimum atomic E-state index is -4.47. The molecule has 1 saturated carbocycles. The van der Waals surface area contributed by atoms with E-state index in [4.69, 9.17) is 16.3 Å². The third-order valence-corrected chi connectivity index (χ3v) is 5.13. The van der Waals surface area contributed by atoms with Gasteiger partial charge in [-0.1, -0.05) is 24.3 Å². The molecule has 10 heteroatoms. The lowest BCUT2D eigenvalue weighted by atomic mass is 10.1. The molecule has 4 aromatic rings. The van der Waals surface area contributed by atoms with Gasteiger partial charge in [0, 0.05) is 24.0 Å². The van der Waals surface area contributed by atoms with Gasteiger partial charge in [-0.25, -0.2) is 9.97 Å². The molecule has 31 heavy (non-hydrogen) atoms. The van der Waals surface area contributed by atoms with Gasteiger partial charge in [-0.05, 0) is 42.1 Å². The lowest BCUT2D eigenvalue weighted by Crippen LogP contribution is -2.05. The number of aromatic nitrogens is 5. The molecule has 0 amide bonds. The smallest absolute Gasteiger partial charge is 0.434 e. The van der Waals surface area contributed by atoms with Crippen LogP contribution in [0.15, 0.2) is 48.8 Å². The maximum atomic E-state index is 13.1. The zero-order valence-corrected chi connectivity index (χ0v) is 16.7. The highest BCUT2D eigenvalue weighted by molar-refractivity contribution is 6.28. The fourth-order valence-electron chi connectivity index (χ4n) is 3.30. The van der Waals surface area contributed by atoms with Gasteiger partial charge in [0.05, 0.1) is 5.39 Å². The van der Waals surface area contributed by atoms with E-state index in [1.807, 2.05) is 0 Å². The van der Waals surface area contributed by atoms with Crippen LogP contribution in [0.25, 0.3) is 22.4 Å². The second-order valence-electron chi connectivity index (χ2n) is 7.24. The number of imidazole rings is 1. The zero-order chi connectivity index (χ0) is 21.6. The first-order valence-electron chi connectivity index (χ1n) is 9.55. The van der Waals surface area contributed by atoms with Crippen molar-refractivity contribution >= 4 is 22.6 Å². The van der Waals surface area contributed by atoms with Crippen molar-refractivity contribution in [3.8, 4) is 17.3 Å². The molecule has 0 spiro atoms. The van der Waals surface area contributed by atoms with Crippen LogP contribution in [0.5, 0.6) is 5.88 Å². The van der Waals surface area contributed by atoms with Gasteiger partial charge >= 0.3 is 6.18 Å². The van der Waals surface area contributed by atoms with E-state index in [9.17, 15) is 13.2 Å². The van der Waals surface area contributed by atoms with E-state index in [1.54, 1.807) is 47.2 Å². The van der Waals surface area contributed by atoms with Crippen LogP contribution in [0.3, 0.4) is 0 Å². The van der Waals surface area contributed by atoms with Crippen LogP contribution in [0.1, 0.15) is 30.1 Å². The minimum Gasteiger partial charge on any atom is -0.472 e. The molecule has 0 aliphatic heterocycles. The minimum absolute atomic E-state index is 0.0314. The number of fused-ring (bicyclic) bond motifs is 1. The van der Waals surface area contributed by atoms with Crippen molar-refractivity contribution in [1.82, 2.24) is 24.5 Å². The first-order chi connectivity index (χ1) is 14.9. The molecule has 3 aromatic heterocycles. The van der Waals surface area contributed by atoms with E-state index < -0.39 is 11.9 Å². The van der Waals surface area contributed by atoms with E-state index in [1.165, 1.54) is 0 Å². The maximum Gasteiger partial charge on any atom is 0.434 e. The Labute approximate surface area is 179 Å². The van der Waals surface area contributed by atoms with Crippen LogP contribution < -0.4 is 4.74 Å². The van der Waals surface area contributed by atoms with Gasteiger partial charge in [-0.2, -0.15) is 23.1 Å². The van der Waals surface area contributed by atoms with Crippen molar-refractivity contribution in [2.24, 2.45) is 0 Å². The average molecular weight is 446 g/mol. The summed E-state index contributed by atoms with van der Waals surface area (Å²) in [5, 5.41) is 0.665. The van der Waals surface area contributed by atoms with E-state index in [2.05, 4.69) is 19.9 Å². The molecule has 0 N–H and O–H groups in total. The number of nitrogens with zero attached hydrogens (tertiary/aromatic N) is 5. The molecule has 158 valence electrons. The molecule has 6 nitrogen and oxygen atoms in total. The van der Waals surface area contributed by atoms with Crippen LogP contribution in [-0.2, 0) is 12.8 Å². The van der Waals surface area contributed by atoms with Crippen molar-refractivity contribution in [2.75, 3.05) is 0 Å². The summed E-state index contributed by atoms with van der Waals surface area (Å²) in [6, 6.07) is 10.7. The molecule has 3 heterocycles. The Kier molecular flexibility index (Phi) is 4.77. The molecule has 1 fully saturated rings. The second-order valence-corrected chi connectivity index (χ2v) is 7.58. The summed E-state index contributed by atoms with van der Waals surface area (Å²) in [5.74, 6) is 0.633. The standard InChI is InChI=1S/C21H15ClF3N5O/c22-20-28-17-15(2-1-9-26-17)19(29-20)31-11-12-3-5-13(6-4-12)18-27-16(21(23,24)25)10-30(18)14-7-8-14/h1-6,9-10,14H,7-8,11H2. The van der Waals surface area contributed by atoms with Crippen LogP contribution in [-0.4, -0.2) is 24.5 Å². The molecule has 1 aromatic carbocycles. The van der Waals surface area contributed by atoms with Crippen LogP contribution in [0, 0.1) is 0 Å². The van der Waals surface area contributed by atoms with Gasteiger partial charge in [0.2, 0.25) is 11.2 Å². The average Bonchev–Trinajstić information content (AvgIpc) is 3.49. The lowest BCUT2D eigenvalue weighted by molar-refractivity contribution is -0.140. The van der Waals surface area contributed by atoms with Gasteiger partial charge in [0.1, 0.15) is 12.4 Å². The van der Waals surface area contributed by atoms with Crippen molar-refractivity contribution in [3.05, 3.63) is 65.3 Å². The molecule has 1 aliphatic rings. The molecular weight excluding hydrogens is 431 g/mol. The summed E-state index contributed by atoms with van der Waals surface area (Å²) in [4.78, 5) is 16.2. The number of rotatable bonds is 5. The molecule has 5 rings (SSSR count). The molecular formula is C21H15ClF3N5O. The highest BCUT2D eigenvalue weighted by atomic mass is 35.5. The fraction of sp³-hybridized carbons (Fsp3) is 0.238. The zero-order valence-electron chi connectivity index (χ0n) is 16.0. The lowest BCUT2D eigenvalue weighted by Gasteiger charge is -2.09. The Bertz CT molecular complexity index is 1250. The highest BCUT2D eigenvalue weighted by Gasteiger charge is 2.37. The van der Waals surface area contributed by atoms with E-state index in [0.29, 0.717) is 28.3 Å². The number of pyridine rings is 1. The van der Waals surface area contributed by atoms with Crippen LogP contribution >= 0.6 is 11.6 Å². The molecule has 0 bridgehead atoms. The summed E-state index contributed by atoms with van der Waals surface area (Å²) in [6.45, 7) is 0.197. The number of benzene rings is 1. The van der Waals surface area contributed by atoms with Crippen LogP contribution in [0.4, 0.5) is 13.2 Å². The van der Waals surface area contributed by atoms with Gasteiger partial charge in [-0.3, -0.25) is 0 Å². The number of ether oxygens (including phenoxy) is 1. The molecule has 0 atom stereocenters. The van der Waals surface area contributed by atoms with Gasteiger partial charge < -0.3 is 9.30 Å². The van der Waals surface area contributed by atoms with E-state index in [0.717, 1.165) is 24.6 Å². The molecule has 0 radical (unpaired) electrons. The van der Waals surface area contributed by atoms with E-state index >= 15 is 0 Å². The quantitative estimate of drug-likeness (QED) is 0.381. The predicted octanol–water partition coefficient (Wildman–Crippen LogP) is 5.47. The number of hydrogen-bond donors (Lipinski definition) is 0. The van der Waals surface area contributed by atoms with Crippen molar-refractivity contribution < 1.29 is 17.9 Å². The first kappa shape index (κ1) is 19.7. The highest BCUT2D eigenvalue weighted by Crippen LogP contribution is 2.40. The third kappa shape index (κ3) is 4.05. The summed E-state index contributed by atoms with van der Waals surface area (Å²) in [6.07, 6.45) is -0.0567. The largest absolute Gasteiger partial charge is 0.472 e. The Hall–Kier alpha value is -3.20. The summed E-state index contributed by atoms with van der Waals surface area (Å²) < 4.78 is 46.8. The maximum absolute atomic E-state index is 13.1. The topological polar surface area (TPSA) is 65.7 Å². The summed E-state index contributed by atoms with van der Waals surface area (Å²) in [5.41, 5.74) is 0.991. The Morgan fingerprint density at radius 2 is 1.84 bits per heavy atom. The van der Waals surface area contributed by atoms with Crippen LogP contribution in [0.2, 0.25) is 5.28 Å². The van der Waals surface area contributed by atoms with Gasteiger partial charge in [0.15, 0.2) is 11.3 Å². The number of hydrogen-bond acceptors (Lipinski definition) is 5. The number of alkyl halides is 3. The summed E-state index contributed by atoms with van der Waals surface area (Å²) in [7, 11) is 0. The van der Waals surface area contributed by atoms with Crippen molar-refractivity contribution in [1.29, 1.82) is 0 Å². The number of halogens is 4. The predicted molar refractivity (Wildman–Crippen MR) is 108 cm³/mol. The normalized spacial score (nSPS) is 14.2. The van der Waals surface area contributed by atoms with Gasteiger partial charge in [0.25, 0.3) is 0 Å². The van der Waals surface area contributed by atoms with Crippen molar-refractivity contribution in [3.63, 3.8) is 0 Å². The Morgan fingerprint density at radius 1 is 1.06 bits per heavy atom.